The van der Waals surface area contributed by atoms with Crippen molar-refractivity contribution in [3.63, 3.8) is 0 Å². The van der Waals surface area contributed by atoms with E-state index in [1.165, 1.54) is 9.78 Å². The number of hydrogen-bond donors (Lipinski definition) is 1. The van der Waals surface area contributed by atoms with E-state index >= 15 is 0 Å². The van der Waals surface area contributed by atoms with Crippen LogP contribution in [0, 0.1) is 6.92 Å². The molecule has 114 valence electrons. The lowest BCUT2D eigenvalue weighted by atomic mass is 10.3. The Bertz CT molecular complexity index is 837. The van der Waals surface area contributed by atoms with E-state index in [0.29, 0.717) is 5.95 Å². The summed E-state index contributed by atoms with van der Waals surface area (Å²) in [4.78, 5) is 19.6. The molecule has 0 fully saturated rings. The molecule has 1 N–H and O–H groups in total. The Morgan fingerprint density at radius 1 is 1.36 bits per heavy atom. The topological polar surface area (TPSA) is 70.7 Å². The smallest absolute Gasteiger partial charge is 0.414 e. The van der Waals surface area contributed by atoms with Gasteiger partial charge in [0.1, 0.15) is 0 Å². The zero-order chi connectivity index (χ0) is 15.9. The Morgan fingerprint density at radius 2 is 2.14 bits per heavy atom. The molecule has 3 heterocycles. The van der Waals surface area contributed by atoms with Crippen molar-refractivity contribution in [1.82, 2.24) is 14.6 Å². The third-order valence-electron chi connectivity index (χ3n) is 3.30. The Hall–Kier alpha value is -2.41. The second-order valence-corrected chi connectivity index (χ2v) is 6.55. The summed E-state index contributed by atoms with van der Waals surface area (Å²) in [7, 11) is 0. The summed E-state index contributed by atoms with van der Waals surface area (Å²) in [6.45, 7) is 5.66. The zero-order valence-electron chi connectivity index (χ0n) is 12.5. The first kappa shape index (κ1) is 14.5. The van der Waals surface area contributed by atoms with E-state index in [4.69, 9.17) is 0 Å². The lowest BCUT2D eigenvalue weighted by molar-refractivity contribution is 0.199. The number of aromatic nitrogens is 3. The molecule has 1 amide bonds. The summed E-state index contributed by atoms with van der Waals surface area (Å²) in [5.74, 6) is 0.311. The molecule has 3 aromatic heterocycles. The van der Waals surface area contributed by atoms with Crippen LogP contribution in [0.3, 0.4) is 0 Å². The number of carbonyl (C=O) groups is 1. The average Bonchev–Trinajstić information content (AvgIpc) is 3.06. The summed E-state index contributed by atoms with van der Waals surface area (Å²) in [5.41, 5.74) is 1.57. The summed E-state index contributed by atoms with van der Waals surface area (Å²) in [6, 6.07) is 7.55. The van der Waals surface area contributed by atoms with Gasteiger partial charge in [-0.05, 0) is 45.0 Å². The van der Waals surface area contributed by atoms with Gasteiger partial charge < -0.3 is 5.11 Å². The van der Waals surface area contributed by atoms with Crippen molar-refractivity contribution in [2.45, 2.75) is 26.8 Å². The van der Waals surface area contributed by atoms with Crippen LogP contribution < -0.4 is 4.90 Å². The van der Waals surface area contributed by atoms with E-state index in [9.17, 15) is 9.90 Å². The van der Waals surface area contributed by atoms with Gasteiger partial charge >= 0.3 is 6.09 Å². The number of amides is 1. The molecule has 3 aromatic rings. The number of hydrogen-bond acceptors (Lipinski definition) is 4. The summed E-state index contributed by atoms with van der Waals surface area (Å²) >= 11 is 1.63. The van der Waals surface area contributed by atoms with Crippen LogP contribution in [0.1, 0.15) is 18.7 Å². The largest absolute Gasteiger partial charge is 0.465 e. The maximum absolute atomic E-state index is 11.6. The number of thiophene rings is 1. The summed E-state index contributed by atoms with van der Waals surface area (Å²) in [6.07, 6.45) is 0.600. The Balaban J connectivity index is 2.24. The van der Waals surface area contributed by atoms with Crippen molar-refractivity contribution >= 4 is 28.9 Å². The van der Waals surface area contributed by atoms with Crippen LogP contribution in [0.5, 0.6) is 0 Å². The maximum atomic E-state index is 11.6. The SMILES string of the molecule is Cc1ccc(-c2cc3ccnn3c(N(C(=O)O)C(C)C)n2)s1. The van der Waals surface area contributed by atoms with Crippen LogP contribution in [0.15, 0.2) is 30.5 Å². The van der Waals surface area contributed by atoms with E-state index in [1.807, 2.05) is 45.0 Å². The van der Waals surface area contributed by atoms with Gasteiger partial charge in [0, 0.05) is 10.9 Å². The molecule has 0 aliphatic heterocycles. The molecule has 0 aliphatic rings. The van der Waals surface area contributed by atoms with Gasteiger partial charge in [0.05, 0.1) is 22.3 Å². The van der Waals surface area contributed by atoms with Gasteiger partial charge in [-0.1, -0.05) is 0 Å². The molecule has 0 bridgehead atoms. The van der Waals surface area contributed by atoms with Crippen molar-refractivity contribution < 1.29 is 9.90 Å². The molecule has 0 atom stereocenters. The number of anilines is 1. The highest BCUT2D eigenvalue weighted by Gasteiger charge is 2.23. The lowest BCUT2D eigenvalue weighted by Crippen LogP contribution is -2.38. The highest BCUT2D eigenvalue weighted by atomic mass is 32.1. The van der Waals surface area contributed by atoms with Gasteiger partial charge in [-0.2, -0.15) is 9.61 Å². The Labute approximate surface area is 131 Å². The fourth-order valence-electron chi connectivity index (χ4n) is 2.31. The molecule has 0 saturated carbocycles. The molecule has 0 radical (unpaired) electrons. The first-order valence-electron chi connectivity index (χ1n) is 6.91. The van der Waals surface area contributed by atoms with Gasteiger partial charge in [0.15, 0.2) is 0 Å². The van der Waals surface area contributed by atoms with Crippen molar-refractivity contribution in [1.29, 1.82) is 0 Å². The zero-order valence-corrected chi connectivity index (χ0v) is 13.3. The third-order valence-corrected chi connectivity index (χ3v) is 4.32. The highest BCUT2D eigenvalue weighted by molar-refractivity contribution is 7.15. The normalized spacial score (nSPS) is 11.3. The van der Waals surface area contributed by atoms with Gasteiger partial charge in [0.2, 0.25) is 5.95 Å². The third kappa shape index (κ3) is 2.43. The molecule has 0 aromatic carbocycles. The van der Waals surface area contributed by atoms with Crippen LogP contribution in [-0.4, -0.2) is 31.8 Å². The van der Waals surface area contributed by atoms with Crippen LogP contribution in [-0.2, 0) is 0 Å². The fourth-order valence-corrected chi connectivity index (χ4v) is 3.14. The van der Waals surface area contributed by atoms with Crippen LogP contribution in [0.25, 0.3) is 16.1 Å². The molecule has 3 rings (SSSR count). The molecule has 0 saturated heterocycles. The van der Waals surface area contributed by atoms with Gasteiger partial charge in [-0.25, -0.2) is 14.7 Å². The molecular formula is C15H16N4O2S. The summed E-state index contributed by atoms with van der Waals surface area (Å²) in [5, 5.41) is 13.7. The van der Waals surface area contributed by atoms with E-state index in [2.05, 4.69) is 10.1 Å². The van der Waals surface area contributed by atoms with Crippen molar-refractivity contribution in [2.75, 3.05) is 4.90 Å². The van der Waals surface area contributed by atoms with Crippen LogP contribution in [0.4, 0.5) is 10.7 Å². The number of aryl methyl sites for hydroxylation is 1. The van der Waals surface area contributed by atoms with Gasteiger partial charge in [0.25, 0.3) is 0 Å². The standard InChI is InChI=1S/C15H16N4O2S/c1-9(2)18(15(20)21)14-17-12(13-5-4-10(3)22-13)8-11-6-7-16-19(11)14/h4-9H,1-3H3,(H,20,21). The lowest BCUT2D eigenvalue weighted by Gasteiger charge is -2.23. The number of rotatable bonds is 3. The molecular weight excluding hydrogens is 300 g/mol. The average molecular weight is 316 g/mol. The molecule has 0 unspecified atom stereocenters. The first-order valence-corrected chi connectivity index (χ1v) is 7.73. The Morgan fingerprint density at radius 3 is 2.73 bits per heavy atom. The van der Waals surface area contributed by atoms with E-state index < -0.39 is 6.09 Å². The second-order valence-electron chi connectivity index (χ2n) is 5.27. The van der Waals surface area contributed by atoms with Crippen molar-refractivity contribution in [3.05, 3.63) is 35.3 Å². The number of carboxylic acid groups (broad SMARTS) is 1. The molecule has 0 aliphatic carbocycles. The fraction of sp³-hybridized carbons (Fsp3) is 0.267. The molecule has 7 heteroatoms. The first-order chi connectivity index (χ1) is 10.5. The molecule has 22 heavy (non-hydrogen) atoms. The second kappa shape index (κ2) is 5.42. The molecule has 0 spiro atoms. The minimum absolute atomic E-state index is 0.238. The van der Waals surface area contributed by atoms with Crippen LogP contribution >= 0.6 is 11.3 Å². The minimum atomic E-state index is -1.04. The summed E-state index contributed by atoms with van der Waals surface area (Å²) < 4.78 is 1.55. The van der Waals surface area contributed by atoms with Gasteiger partial charge in [-0.3, -0.25) is 0 Å². The highest BCUT2D eigenvalue weighted by Crippen LogP contribution is 2.29. The quantitative estimate of drug-likeness (QED) is 0.800. The van der Waals surface area contributed by atoms with Gasteiger partial charge in [-0.15, -0.1) is 11.3 Å². The monoisotopic (exact) mass is 316 g/mol. The van der Waals surface area contributed by atoms with E-state index in [1.54, 1.807) is 22.0 Å². The Kier molecular flexibility index (Phi) is 3.58. The number of fused-ring (bicyclic) bond motifs is 1. The molecule has 6 nitrogen and oxygen atoms in total. The maximum Gasteiger partial charge on any atom is 0.414 e. The number of nitrogens with zero attached hydrogens (tertiary/aromatic N) is 4. The van der Waals surface area contributed by atoms with E-state index in [-0.39, 0.29) is 6.04 Å². The minimum Gasteiger partial charge on any atom is -0.465 e. The van der Waals surface area contributed by atoms with Crippen molar-refractivity contribution in [3.8, 4) is 10.6 Å². The van der Waals surface area contributed by atoms with Crippen LogP contribution in [0.2, 0.25) is 0 Å². The van der Waals surface area contributed by atoms with Crippen molar-refractivity contribution in [2.24, 2.45) is 0 Å². The van der Waals surface area contributed by atoms with E-state index in [0.717, 1.165) is 16.1 Å². The predicted octanol–water partition coefficient (Wildman–Crippen LogP) is 3.66. The predicted molar refractivity (Wildman–Crippen MR) is 86.7 cm³/mol.